The first-order chi connectivity index (χ1) is 8.67. The van der Waals surface area contributed by atoms with Gasteiger partial charge in [-0.2, -0.15) is 4.99 Å². The van der Waals surface area contributed by atoms with Crippen LogP contribution in [0.3, 0.4) is 0 Å². The second-order valence-corrected chi connectivity index (χ2v) is 3.72. The molecular formula is C12H19N5O. The van der Waals surface area contributed by atoms with Crippen molar-refractivity contribution in [2.45, 2.75) is 26.7 Å². The molecule has 1 heterocycles. The van der Waals surface area contributed by atoms with Crippen LogP contribution in [0.5, 0.6) is 0 Å². The lowest BCUT2D eigenvalue weighted by Gasteiger charge is -2.06. The summed E-state index contributed by atoms with van der Waals surface area (Å²) in [6, 6.07) is 3.41. The normalized spacial score (nSPS) is 11.1. The fourth-order valence-electron chi connectivity index (χ4n) is 1.35. The Bertz CT molecular complexity index is 430. The molecule has 98 valence electrons. The van der Waals surface area contributed by atoms with Crippen molar-refractivity contribution in [3.63, 3.8) is 0 Å². The van der Waals surface area contributed by atoms with E-state index in [1.54, 1.807) is 6.20 Å². The zero-order valence-corrected chi connectivity index (χ0v) is 10.7. The zero-order chi connectivity index (χ0) is 13.4. The molecule has 4 N–H and O–H groups in total. The summed E-state index contributed by atoms with van der Waals surface area (Å²) in [7, 11) is 0. The maximum atomic E-state index is 11.4. The molecule has 18 heavy (non-hydrogen) atoms. The predicted molar refractivity (Wildman–Crippen MR) is 71.7 cm³/mol. The van der Waals surface area contributed by atoms with Gasteiger partial charge < -0.3 is 11.1 Å². The monoisotopic (exact) mass is 249 g/mol. The van der Waals surface area contributed by atoms with Gasteiger partial charge in [-0.05, 0) is 24.5 Å². The van der Waals surface area contributed by atoms with Crippen molar-refractivity contribution in [2.24, 2.45) is 10.7 Å². The highest BCUT2D eigenvalue weighted by Crippen LogP contribution is 2.14. The minimum absolute atomic E-state index is 0.0389. The number of aryl methyl sites for hydroxylation is 1. The fourth-order valence-corrected chi connectivity index (χ4v) is 1.35. The number of rotatable bonds is 4. The Morgan fingerprint density at radius 1 is 1.50 bits per heavy atom. The Labute approximate surface area is 107 Å². The summed E-state index contributed by atoms with van der Waals surface area (Å²) in [5, 5.41) is 5.10. The first-order valence-corrected chi connectivity index (χ1v) is 6.00. The number of hydrogen-bond donors (Lipinski definition) is 3. The van der Waals surface area contributed by atoms with Crippen LogP contribution in [0.2, 0.25) is 0 Å². The van der Waals surface area contributed by atoms with Crippen LogP contribution < -0.4 is 16.4 Å². The second kappa shape index (κ2) is 7.26. The molecule has 1 aromatic rings. The lowest BCUT2D eigenvalue weighted by atomic mass is 10.2. The van der Waals surface area contributed by atoms with E-state index in [2.05, 4.69) is 20.6 Å². The first-order valence-electron chi connectivity index (χ1n) is 6.00. The highest BCUT2D eigenvalue weighted by atomic mass is 16.2. The molecule has 0 radical (unpaired) electrons. The molecule has 0 unspecified atom stereocenters. The molecule has 6 heteroatoms. The molecule has 0 aromatic carbocycles. The van der Waals surface area contributed by atoms with Crippen molar-refractivity contribution < 1.29 is 4.79 Å². The molecule has 6 nitrogen and oxygen atoms in total. The number of aliphatic imine (C=N–C) groups is 1. The van der Waals surface area contributed by atoms with Crippen molar-refractivity contribution in [1.29, 1.82) is 0 Å². The van der Waals surface area contributed by atoms with Gasteiger partial charge in [0.2, 0.25) is 5.96 Å². The number of nitrogens with one attached hydrogen (secondary N) is 2. The molecular weight excluding hydrogens is 230 g/mol. The predicted octanol–water partition coefficient (Wildman–Crippen LogP) is 1.30. The largest absolute Gasteiger partial charge is 0.369 e. The Hall–Kier alpha value is -2.11. The molecule has 0 spiro atoms. The number of aromatic nitrogens is 1. The highest BCUT2D eigenvalue weighted by Gasteiger charge is 2.04. The van der Waals surface area contributed by atoms with Gasteiger partial charge in [-0.15, -0.1) is 0 Å². The average molecular weight is 249 g/mol. The van der Waals surface area contributed by atoms with Crippen LogP contribution in [-0.4, -0.2) is 23.5 Å². The maximum absolute atomic E-state index is 11.4. The van der Waals surface area contributed by atoms with Gasteiger partial charge in [0.05, 0.1) is 0 Å². The van der Waals surface area contributed by atoms with E-state index in [-0.39, 0.29) is 12.0 Å². The number of pyridine rings is 1. The van der Waals surface area contributed by atoms with E-state index in [1.165, 1.54) is 0 Å². The van der Waals surface area contributed by atoms with Gasteiger partial charge in [0, 0.05) is 12.7 Å². The van der Waals surface area contributed by atoms with Crippen LogP contribution >= 0.6 is 0 Å². The molecule has 1 aromatic heterocycles. The molecule has 0 aliphatic rings. The van der Waals surface area contributed by atoms with E-state index in [9.17, 15) is 4.79 Å². The molecule has 0 fully saturated rings. The van der Waals surface area contributed by atoms with E-state index in [1.807, 2.05) is 26.0 Å². The maximum Gasteiger partial charge on any atom is 0.321 e. The van der Waals surface area contributed by atoms with E-state index >= 15 is 0 Å². The van der Waals surface area contributed by atoms with Gasteiger partial charge in [0.1, 0.15) is 0 Å². The summed E-state index contributed by atoms with van der Waals surface area (Å²) in [6.07, 6.45) is 3.31. The van der Waals surface area contributed by atoms with Gasteiger partial charge in [-0.25, -0.2) is 9.78 Å². The Morgan fingerprint density at radius 2 is 2.28 bits per heavy atom. The SMILES string of the molecule is CCCNC(=O)N/C(N)=N/c1ncccc1CC. The van der Waals surface area contributed by atoms with Crippen LogP contribution in [0.25, 0.3) is 0 Å². The summed E-state index contributed by atoms with van der Waals surface area (Å²) >= 11 is 0. The third kappa shape index (κ3) is 4.40. The number of amides is 2. The van der Waals surface area contributed by atoms with Crippen LogP contribution in [0.15, 0.2) is 23.3 Å². The first kappa shape index (κ1) is 14.0. The molecule has 0 aliphatic carbocycles. The van der Waals surface area contributed by atoms with Gasteiger partial charge in [-0.1, -0.05) is 19.9 Å². The smallest absolute Gasteiger partial charge is 0.321 e. The van der Waals surface area contributed by atoms with Crippen molar-refractivity contribution in [1.82, 2.24) is 15.6 Å². The molecule has 0 saturated heterocycles. The average Bonchev–Trinajstić information content (AvgIpc) is 2.36. The van der Waals surface area contributed by atoms with Crippen LogP contribution in [0, 0.1) is 0 Å². The van der Waals surface area contributed by atoms with E-state index in [0.29, 0.717) is 12.4 Å². The van der Waals surface area contributed by atoms with Crippen molar-refractivity contribution >= 4 is 17.8 Å². The molecule has 2 amide bonds. The van der Waals surface area contributed by atoms with Crippen molar-refractivity contribution in [3.05, 3.63) is 23.9 Å². The third-order valence-corrected chi connectivity index (χ3v) is 2.25. The number of nitrogens with two attached hydrogens (primary N) is 1. The number of carbonyl (C=O) groups is 1. The molecule has 0 aliphatic heterocycles. The number of hydrogen-bond acceptors (Lipinski definition) is 3. The van der Waals surface area contributed by atoms with Gasteiger partial charge in [0.25, 0.3) is 0 Å². The Kier molecular flexibility index (Phi) is 5.63. The number of nitrogens with zero attached hydrogens (tertiary/aromatic N) is 2. The van der Waals surface area contributed by atoms with Crippen molar-refractivity contribution in [2.75, 3.05) is 6.54 Å². The zero-order valence-electron chi connectivity index (χ0n) is 10.7. The topological polar surface area (TPSA) is 92.4 Å². The highest BCUT2D eigenvalue weighted by molar-refractivity contribution is 5.96. The van der Waals surface area contributed by atoms with Gasteiger partial charge in [0.15, 0.2) is 5.82 Å². The summed E-state index contributed by atoms with van der Waals surface area (Å²) in [4.78, 5) is 19.6. The lowest BCUT2D eigenvalue weighted by Crippen LogP contribution is -2.43. The lowest BCUT2D eigenvalue weighted by molar-refractivity contribution is 0.245. The third-order valence-electron chi connectivity index (χ3n) is 2.25. The van der Waals surface area contributed by atoms with E-state index in [0.717, 1.165) is 18.4 Å². The molecule has 0 atom stereocenters. The van der Waals surface area contributed by atoms with Crippen molar-refractivity contribution in [3.8, 4) is 0 Å². The number of carbonyl (C=O) groups excluding carboxylic acids is 1. The Balaban J connectivity index is 2.67. The summed E-state index contributed by atoms with van der Waals surface area (Å²) in [5.74, 6) is 0.574. The van der Waals surface area contributed by atoms with E-state index in [4.69, 9.17) is 5.73 Å². The fraction of sp³-hybridized carbons (Fsp3) is 0.417. The molecule has 0 bridgehead atoms. The number of guanidine groups is 1. The quantitative estimate of drug-likeness (QED) is 0.554. The van der Waals surface area contributed by atoms with Crippen LogP contribution in [0.1, 0.15) is 25.8 Å². The van der Waals surface area contributed by atoms with Gasteiger partial charge in [-0.3, -0.25) is 5.32 Å². The summed E-state index contributed by atoms with van der Waals surface area (Å²) in [6.45, 7) is 4.58. The standard InChI is InChI=1S/C12H19N5O/c1-3-7-15-12(18)17-11(13)16-10-9(4-2)6-5-8-14-10/h5-6,8H,3-4,7H2,1-2H3,(H4,13,14,15,16,17,18). The molecule has 0 saturated carbocycles. The number of urea groups is 1. The summed E-state index contributed by atoms with van der Waals surface area (Å²) < 4.78 is 0. The minimum Gasteiger partial charge on any atom is -0.369 e. The van der Waals surface area contributed by atoms with Crippen LogP contribution in [0.4, 0.5) is 10.6 Å². The van der Waals surface area contributed by atoms with E-state index < -0.39 is 0 Å². The minimum atomic E-state index is -0.355. The second-order valence-electron chi connectivity index (χ2n) is 3.72. The molecule has 1 rings (SSSR count). The Morgan fingerprint density at radius 3 is 2.94 bits per heavy atom. The van der Waals surface area contributed by atoms with Gasteiger partial charge >= 0.3 is 6.03 Å². The summed E-state index contributed by atoms with van der Waals surface area (Å²) in [5.41, 5.74) is 6.62. The van der Waals surface area contributed by atoms with Crippen LogP contribution in [-0.2, 0) is 6.42 Å².